The van der Waals surface area contributed by atoms with Gasteiger partial charge in [-0.25, -0.2) is 0 Å². The Morgan fingerprint density at radius 1 is 1.15 bits per heavy atom. The van der Waals surface area contributed by atoms with Crippen LogP contribution in [0, 0.1) is 6.92 Å². The van der Waals surface area contributed by atoms with Crippen LogP contribution in [0.15, 0.2) is 30.3 Å². The minimum Gasteiger partial charge on any atom is -0.486 e. The van der Waals surface area contributed by atoms with E-state index in [9.17, 15) is 0 Å². The van der Waals surface area contributed by atoms with Crippen LogP contribution in [0.25, 0.3) is 11.1 Å². The van der Waals surface area contributed by atoms with Gasteiger partial charge in [-0.05, 0) is 37.6 Å². The van der Waals surface area contributed by atoms with E-state index in [1.54, 1.807) is 0 Å². The van der Waals surface area contributed by atoms with Crippen molar-refractivity contribution in [2.24, 2.45) is 0 Å². The van der Waals surface area contributed by atoms with Crippen molar-refractivity contribution in [3.05, 3.63) is 45.9 Å². The van der Waals surface area contributed by atoms with Crippen molar-refractivity contribution in [3.63, 3.8) is 0 Å². The molecule has 1 aliphatic rings. The van der Waals surface area contributed by atoms with Gasteiger partial charge in [0.05, 0.1) is 10.0 Å². The molecule has 1 atom stereocenters. The zero-order valence-corrected chi connectivity index (χ0v) is 12.8. The van der Waals surface area contributed by atoms with Crippen molar-refractivity contribution in [2.45, 2.75) is 20.0 Å². The molecule has 3 rings (SSSR count). The summed E-state index contributed by atoms with van der Waals surface area (Å²) in [6.07, 6.45) is 0.00616. The van der Waals surface area contributed by atoms with Gasteiger partial charge in [-0.3, -0.25) is 0 Å². The van der Waals surface area contributed by atoms with E-state index in [2.05, 4.69) is 0 Å². The molecule has 0 amide bonds. The number of para-hydroxylation sites is 1. The lowest BCUT2D eigenvalue weighted by molar-refractivity contribution is 0.105. The Morgan fingerprint density at radius 2 is 1.85 bits per heavy atom. The lowest BCUT2D eigenvalue weighted by Gasteiger charge is -2.26. The summed E-state index contributed by atoms with van der Waals surface area (Å²) >= 11 is 12.7. The van der Waals surface area contributed by atoms with Gasteiger partial charge in [0.25, 0.3) is 0 Å². The molecular weight excluding hydrogens is 295 g/mol. The van der Waals surface area contributed by atoms with Crippen LogP contribution in [-0.4, -0.2) is 12.7 Å². The normalized spacial score (nSPS) is 17.1. The smallest absolute Gasteiger partial charge is 0.169 e. The average molecular weight is 309 g/mol. The highest BCUT2D eigenvalue weighted by Gasteiger charge is 2.23. The van der Waals surface area contributed by atoms with E-state index < -0.39 is 0 Å². The average Bonchev–Trinajstić information content (AvgIpc) is 2.38. The van der Waals surface area contributed by atoms with Crippen molar-refractivity contribution in [2.75, 3.05) is 6.61 Å². The predicted molar refractivity (Wildman–Crippen MR) is 82.2 cm³/mol. The number of hydrogen-bond donors (Lipinski definition) is 0. The number of halogens is 2. The van der Waals surface area contributed by atoms with Crippen LogP contribution in [-0.2, 0) is 0 Å². The Labute approximate surface area is 128 Å². The van der Waals surface area contributed by atoms with E-state index in [0.29, 0.717) is 22.4 Å². The number of fused-ring (bicyclic) bond motifs is 1. The monoisotopic (exact) mass is 308 g/mol. The molecule has 0 N–H and O–H groups in total. The predicted octanol–water partition coefficient (Wildman–Crippen LogP) is 5.13. The zero-order chi connectivity index (χ0) is 14.3. The zero-order valence-electron chi connectivity index (χ0n) is 11.2. The van der Waals surface area contributed by atoms with Crippen molar-refractivity contribution < 1.29 is 9.47 Å². The lowest BCUT2D eigenvalue weighted by atomic mass is 10.0. The van der Waals surface area contributed by atoms with Crippen LogP contribution in [0.2, 0.25) is 10.0 Å². The summed E-state index contributed by atoms with van der Waals surface area (Å²) in [4.78, 5) is 0. The minimum absolute atomic E-state index is 0.00616. The van der Waals surface area contributed by atoms with E-state index >= 15 is 0 Å². The minimum atomic E-state index is 0.00616. The molecule has 0 aliphatic carbocycles. The second-order valence-electron chi connectivity index (χ2n) is 4.98. The summed E-state index contributed by atoms with van der Waals surface area (Å²) in [7, 11) is 0. The first kappa shape index (κ1) is 13.6. The summed E-state index contributed by atoms with van der Waals surface area (Å²) in [6.45, 7) is 4.48. The van der Waals surface area contributed by atoms with Crippen molar-refractivity contribution in [3.8, 4) is 22.6 Å². The summed E-state index contributed by atoms with van der Waals surface area (Å²) < 4.78 is 11.6. The molecule has 0 unspecified atom stereocenters. The fraction of sp³-hybridized carbons (Fsp3) is 0.250. The van der Waals surface area contributed by atoms with Crippen molar-refractivity contribution >= 4 is 23.2 Å². The van der Waals surface area contributed by atoms with Gasteiger partial charge < -0.3 is 9.47 Å². The second-order valence-corrected chi connectivity index (χ2v) is 5.79. The molecule has 0 aromatic heterocycles. The molecule has 0 bridgehead atoms. The largest absolute Gasteiger partial charge is 0.486 e. The molecule has 0 fully saturated rings. The van der Waals surface area contributed by atoms with Gasteiger partial charge >= 0.3 is 0 Å². The molecule has 0 saturated carbocycles. The fourth-order valence-corrected chi connectivity index (χ4v) is 3.15. The molecule has 20 heavy (non-hydrogen) atoms. The maximum absolute atomic E-state index is 6.37. The van der Waals surface area contributed by atoms with Gasteiger partial charge in [-0.2, -0.15) is 0 Å². The molecule has 0 spiro atoms. The second kappa shape index (κ2) is 5.19. The van der Waals surface area contributed by atoms with E-state index in [0.717, 1.165) is 22.4 Å². The Kier molecular flexibility index (Phi) is 3.53. The molecule has 0 saturated heterocycles. The molecule has 2 nitrogen and oxygen atoms in total. The van der Waals surface area contributed by atoms with Crippen molar-refractivity contribution in [1.29, 1.82) is 0 Å². The molecule has 1 heterocycles. The Hall–Kier alpha value is -1.38. The quantitative estimate of drug-likeness (QED) is 0.727. The number of aryl methyl sites for hydroxylation is 1. The molecule has 104 valence electrons. The third kappa shape index (κ3) is 2.34. The van der Waals surface area contributed by atoms with Crippen LogP contribution in [0.1, 0.15) is 12.5 Å². The van der Waals surface area contributed by atoms with Crippen LogP contribution in [0.5, 0.6) is 11.5 Å². The highest BCUT2D eigenvalue weighted by molar-refractivity contribution is 6.39. The van der Waals surface area contributed by atoms with E-state index in [-0.39, 0.29) is 6.10 Å². The Bertz CT molecular complexity index is 645. The maximum atomic E-state index is 6.37. The standard InChI is InChI=1S/C16H14Cl2O2/c1-9-6-12(17)15(13(18)7-9)11-4-3-5-14-16(11)20-10(2)8-19-14/h3-7,10H,8H2,1-2H3/t10-/m0/s1. The first-order valence-corrected chi connectivity index (χ1v) is 7.20. The third-order valence-electron chi connectivity index (χ3n) is 3.23. The van der Waals surface area contributed by atoms with E-state index in [1.165, 1.54) is 0 Å². The number of ether oxygens (including phenoxy) is 2. The summed E-state index contributed by atoms with van der Waals surface area (Å²) in [5.41, 5.74) is 2.68. The maximum Gasteiger partial charge on any atom is 0.169 e. The first-order valence-electron chi connectivity index (χ1n) is 6.44. The van der Waals surface area contributed by atoms with Crippen LogP contribution < -0.4 is 9.47 Å². The van der Waals surface area contributed by atoms with E-state index in [4.69, 9.17) is 32.7 Å². The van der Waals surface area contributed by atoms with Crippen LogP contribution in [0.3, 0.4) is 0 Å². The van der Waals surface area contributed by atoms with Gasteiger partial charge in [0, 0.05) is 11.1 Å². The molecule has 2 aromatic carbocycles. The van der Waals surface area contributed by atoms with Gasteiger partial charge in [0.1, 0.15) is 12.7 Å². The van der Waals surface area contributed by atoms with Crippen LogP contribution >= 0.6 is 23.2 Å². The SMILES string of the molecule is Cc1cc(Cl)c(-c2cccc3c2O[C@@H](C)CO3)c(Cl)c1. The third-order valence-corrected chi connectivity index (χ3v) is 3.82. The number of benzene rings is 2. The topological polar surface area (TPSA) is 18.5 Å². The number of rotatable bonds is 1. The van der Waals surface area contributed by atoms with Gasteiger partial charge in [0.2, 0.25) is 0 Å². The lowest BCUT2D eigenvalue weighted by Crippen LogP contribution is -2.26. The molecule has 4 heteroatoms. The van der Waals surface area contributed by atoms with Gasteiger partial charge in [-0.1, -0.05) is 35.3 Å². The van der Waals surface area contributed by atoms with Gasteiger partial charge in [0.15, 0.2) is 11.5 Å². The summed E-state index contributed by atoms with van der Waals surface area (Å²) in [6, 6.07) is 9.55. The highest BCUT2D eigenvalue weighted by atomic mass is 35.5. The fourth-order valence-electron chi connectivity index (χ4n) is 2.35. The number of hydrogen-bond acceptors (Lipinski definition) is 2. The molecule has 2 aromatic rings. The molecule has 0 radical (unpaired) electrons. The Morgan fingerprint density at radius 3 is 2.55 bits per heavy atom. The molecular formula is C16H14Cl2O2. The molecule has 1 aliphatic heterocycles. The van der Waals surface area contributed by atoms with E-state index in [1.807, 2.05) is 44.2 Å². The Balaban J connectivity index is 2.21. The summed E-state index contributed by atoms with van der Waals surface area (Å²) in [5, 5.41) is 1.23. The highest BCUT2D eigenvalue weighted by Crippen LogP contribution is 2.45. The van der Waals surface area contributed by atoms with Crippen molar-refractivity contribution in [1.82, 2.24) is 0 Å². The van der Waals surface area contributed by atoms with Crippen LogP contribution in [0.4, 0.5) is 0 Å². The summed E-state index contributed by atoms with van der Waals surface area (Å²) in [5.74, 6) is 1.44. The van der Waals surface area contributed by atoms with Gasteiger partial charge in [-0.15, -0.1) is 0 Å². The first-order chi connectivity index (χ1) is 9.56.